The molecule has 3 aromatic rings. The average molecular weight is 320 g/mol. The molecule has 0 aliphatic carbocycles. The molecule has 0 spiro atoms. The first-order chi connectivity index (χ1) is 11.7. The number of aromatic hydroxyl groups is 1. The fourth-order valence-corrected chi connectivity index (χ4v) is 2.23. The molecule has 0 saturated carbocycles. The van der Waals surface area contributed by atoms with E-state index in [1.54, 1.807) is 47.3 Å². The summed E-state index contributed by atoms with van der Waals surface area (Å²) in [6.45, 7) is 0.598. The van der Waals surface area contributed by atoms with Gasteiger partial charge in [0.05, 0.1) is 12.8 Å². The average Bonchev–Trinajstić information content (AvgIpc) is 3.08. The van der Waals surface area contributed by atoms with Crippen LogP contribution >= 0.6 is 0 Å². The van der Waals surface area contributed by atoms with Gasteiger partial charge in [-0.05, 0) is 41.5 Å². The number of rotatable bonds is 5. The van der Waals surface area contributed by atoms with Crippen LogP contribution in [-0.4, -0.2) is 27.0 Å². The van der Waals surface area contributed by atoms with Crippen molar-refractivity contribution in [3.8, 4) is 5.75 Å². The van der Waals surface area contributed by atoms with Gasteiger partial charge < -0.3 is 5.11 Å². The Morgan fingerprint density at radius 1 is 1.21 bits per heavy atom. The van der Waals surface area contributed by atoms with E-state index in [0.717, 1.165) is 5.56 Å². The van der Waals surface area contributed by atoms with E-state index in [2.05, 4.69) is 15.6 Å². The van der Waals surface area contributed by atoms with Crippen LogP contribution in [0.1, 0.15) is 21.5 Å². The molecule has 6 heteroatoms. The predicted molar refractivity (Wildman–Crippen MR) is 90.9 cm³/mol. The molecule has 0 aliphatic rings. The predicted octanol–water partition coefficient (Wildman–Crippen LogP) is 2.40. The molecule has 6 nitrogen and oxygen atoms in total. The van der Waals surface area contributed by atoms with Crippen molar-refractivity contribution in [2.45, 2.75) is 6.54 Å². The van der Waals surface area contributed by atoms with Gasteiger partial charge in [-0.1, -0.05) is 24.3 Å². The summed E-state index contributed by atoms with van der Waals surface area (Å²) in [4.78, 5) is 12.2. The number of hydrogen-bond donors (Lipinski definition) is 2. The summed E-state index contributed by atoms with van der Waals surface area (Å²) in [6, 6.07) is 15.8. The van der Waals surface area contributed by atoms with Crippen LogP contribution in [0.2, 0.25) is 0 Å². The van der Waals surface area contributed by atoms with E-state index < -0.39 is 0 Å². The Morgan fingerprint density at radius 2 is 2.08 bits per heavy atom. The third-order valence-electron chi connectivity index (χ3n) is 3.34. The molecule has 1 heterocycles. The minimum Gasteiger partial charge on any atom is -0.508 e. The number of hydrazone groups is 1. The van der Waals surface area contributed by atoms with Crippen LogP contribution in [0.15, 0.2) is 72.1 Å². The SMILES string of the molecule is O=C(N/N=C/c1cccc(O)c1)c1cccc(Cn2cccn2)c1. The highest BCUT2D eigenvalue weighted by Crippen LogP contribution is 2.09. The maximum absolute atomic E-state index is 12.2. The molecule has 2 N–H and O–H groups in total. The lowest BCUT2D eigenvalue weighted by molar-refractivity contribution is 0.0955. The van der Waals surface area contributed by atoms with Crippen molar-refractivity contribution in [3.63, 3.8) is 0 Å². The second-order valence-electron chi connectivity index (χ2n) is 5.20. The third-order valence-corrected chi connectivity index (χ3v) is 3.34. The van der Waals surface area contributed by atoms with Gasteiger partial charge in [-0.3, -0.25) is 9.48 Å². The van der Waals surface area contributed by atoms with Gasteiger partial charge in [0, 0.05) is 18.0 Å². The highest BCUT2D eigenvalue weighted by molar-refractivity contribution is 5.95. The summed E-state index contributed by atoms with van der Waals surface area (Å²) in [5.74, 6) is -0.148. The van der Waals surface area contributed by atoms with E-state index >= 15 is 0 Å². The Bertz CT molecular complexity index is 857. The van der Waals surface area contributed by atoms with Crippen LogP contribution < -0.4 is 5.43 Å². The Hall–Kier alpha value is -3.41. The van der Waals surface area contributed by atoms with Crippen molar-refractivity contribution in [3.05, 3.63) is 83.7 Å². The Labute approximate surface area is 139 Å². The number of nitrogens with zero attached hydrogens (tertiary/aromatic N) is 3. The zero-order valence-electron chi connectivity index (χ0n) is 12.8. The van der Waals surface area contributed by atoms with Gasteiger partial charge in [0.1, 0.15) is 5.75 Å². The van der Waals surface area contributed by atoms with Crippen LogP contribution in [0.3, 0.4) is 0 Å². The van der Waals surface area contributed by atoms with Crippen LogP contribution in [0.4, 0.5) is 0 Å². The Kier molecular flexibility index (Phi) is 4.67. The molecule has 0 saturated heterocycles. The highest BCUT2D eigenvalue weighted by atomic mass is 16.3. The summed E-state index contributed by atoms with van der Waals surface area (Å²) in [5.41, 5.74) is 4.67. The molecule has 1 aromatic heterocycles. The lowest BCUT2D eigenvalue weighted by atomic mass is 10.1. The second kappa shape index (κ2) is 7.23. The van der Waals surface area contributed by atoms with Gasteiger partial charge in [0.25, 0.3) is 5.91 Å². The largest absolute Gasteiger partial charge is 0.508 e. The zero-order valence-corrected chi connectivity index (χ0v) is 12.8. The number of benzene rings is 2. The molecule has 2 aromatic carbocycles. The Balaban J connectivity index is 1.64. The third kappa shape index (κ3) is 4.07. The first-order valence-corrected chi connectivity index (χ1v) is 7.39. The van der Waals surface area contributed by atoms with E-state index in [0.29, 0.717) is 17.7 Å². The number of aromatic nitrogens is 2. The number of nitrogens with one attached hydrogen (secondary N) is 1. The summed E-state index contributed by atoms with van der Waals surface area (Å²) in [5, 5.41) is 17.4. The normalized spacial score (nSPS) is 10.8. The minimum atomic E-state index is -0.297. The van der Waals surface area contributed by atoms with E-state index in [1.807, 2.05) is 24.4 Å². The van der Waals surface area contributed by atoms with Crippen molar-refractivity contribution in [2.75, 3.05) is 0 Å². The molecule has 0 unspecified atom stereocenters. The van der Waals surface area contributed by atoms with E-state index in [-0.39, 0.29) is 11.7 Å². The van der Waals surface area contributed by atoms with Crippen LogP contribution in [0, 0.1) is 0 Å². The van der Waals surface area contributed by atoms with Crippen molar-refractivity contribution < 1.29 is 9.90 Å². The molecule has 120 valence electrons. The number of amides is 1. The molecule has 1 amide bonds. The van der Waals surface area contributed by atoms with Crippen molar-refractivity contribution >= 4 is 12.1 Å². The van der Waals surface area contributed by atoms with Gasteiger partial charge in [0.2, 0.25) is 0 Å². The summed E-state index contributed by atoms with van der Waals surface area (Å²) in [7, 11) is 0. The number of carbonyl (C=O) groups excluding carboxylic acids is 1. The quantitative estimate of drug-likeness (QED) is 0.559. The first kappa shape index (κ1) is 15.5. The van der Waals surface area contributed by atoms with Crippen LogP contribution in [-0.2, 0) is 6.54 Å². The highest BCUT2D eigenvalue weighted by Gasteiger charge is 2.05. The van der Waals surface area contributed by atoms with E-state index in [9.17, 15) is 9.90 Å². The molecule has 0 fully saturated rings. The fraction of sp³-hybridized carbons (Fsp3) is 0.0556. The molecular weight excluding hydrogens is 304 g/mol. The van der Waals surface area contributed by atoms with Gasteiger partial charge in [0.15, 0.2) is 0 Å². The zero-order chi connectivity index (χ0) is 16.8. The number of carbonyl (C=O) groups is 1. The van der Waals surface area contributed by atoms with E-state index in [4.69, 9.17) is 0 Å². The number of phenolic OH excluding ortho intramolecular Hbond substituents is 1. The molecule has 0 radical (unpaired) electrons. The second-order valence-corrected chi connectivity index (χ2v) is 5.20. The molecule has 0 aliphatic heterocycles. The van der Waals surface area contributed by atoms with Gasteiger partial charge >= 0.3 is 0 Å². The monoisotopic (exact) mass is 320 g/mol. The molecule has 0 atom stereocenters. The number of hydrogen-bond acceptors (Lipinski definition) is 4. The van der Waals surface area contributed by atoms with Crippen molar-refractivity contribution in [1.29, 1.82) is 0 Å². The summed E-state index contributed by atoms with van der Waals surface area (Å²) in [6.07, 6.45) is 5.06. The fourth-order valence-electron chi connectivity index (χ4n) is 2.23. The van der Waals surface area contributed by atoms with Gasteiger partial charge in [-0.2, -0.15) is 10.2 Å². The topological polar surface area (TPSA) is 79.5 Å². The number of phenols is 1. The van der Waals surface area contributed by atoms with Crippen molar-refractivity contribution in [2.24, 2.45) is 5.10 Å². The maximum atomic E-state index is 12.2. The standard InChI is InChI=1S/C18H16N4O2/c23-17-7-2-4-14(11-17)12-19-21-18(24)16-6-1-5-15(10-16)13-22-9-3-8-20-22/h1-12,23H,13H2,(H,21,24)/b19-12+. The van der Waals surface area contributed by atoms with Crippen LogP contribution in [0.25, 0.3) is 0 Å². The molecular formula is C18H16N4O2. The summed E-state index contributed by atoms with van der Waals surface area (Å²) >= 11 is 0. The van der Waals surface area contributed by atoms with Gasteiger partial charge in [-0.15, -0.1) is 0 Å². The molecule has 24 heavy (non-hydrogen) atoms. The minimum absolute atomic E-state index is 0.150. The van der Waals surface area contributed by atoms with Gasteiger partial charge in [-0.25, -0.2) is 5.43 Å². The lowest BCUT2D eigenvalue weighted by Gasteiger charge is -2.05. The Morgan fingerprint density at radius 3 is 2.88 bits per heavy atom. The van der Waals surface area contributed by atoms with E-state index in [1.165, 1.54) is 6.21 Å². The lowest BCUT2D eigenvalue weighted by Crippen LogP contribution is -2.18. The van der Waals surface area contributed by atoms with Crippen LogP contribution in [0.5, 0.6) is 5.75 Å². The smallest absolute Gasteiger partial charge is 0.271 e. The molecule has 0 bridgehead atoms. The maximum Gasteiger partial charge on any atom is 0.271 e. The molecule has 3 rings (SSSR count). The van der Waals surface area contributed by atoms with Crippen molar-refractivity contribution in [1.82, 2.24) is 15.2 Å². The summed E-state index contributed by atoms with van der Waals surface area (Å²) < 4.78 is 1.79. The first-order valence-electron chi connectivity index (χ1n) is 7.39.